The van der Waals surface area contributed by atoms with Crippen LogP contribution in [0.2, 0.25) is 0 Å². The number of dihydropyridines is 1. The Kier molecular flexibility index (Phi) is 4.02. The van der Waals surface area contributed by atoms with E-state index in [1.54, 1.807) is 11.8 Å². The molecule has 0 aromatic heterocycles. The maximum atomic E-state index is 12.6. The van der Waals surface area contributed by atoms with Crippen molar-refractivity contribution in [2.24, 2.45) is 17.3 Å². The summed E-state index contributed by atoms with van der Waals surface area (Å²) in [6.07, 6.45) is 3.42. The van der Waals surface area contributed by atoms with Crippen LogP contribution >= 0.6 is 11.8 Å². The van der Waals surface area contributed by atoms with E-state index in [0.717, 1.165) is 28.3 Å². The Balaban J connectivity index is 2.55. The number of nitriles is 1. The number of ketones is 1. The first-order valence-corrected chi connectivity index (χ1v) is 8.24. The van der Waals surface area contributed by atoms with Gasteiger partial charge in [-0.15, -0.1) is 11.8 Å². The number of rotatable bonds is 2. The highest BCUT2D eigenvalue weighted by Crippen LogP contribution is 2.45. The average molecular weight is 290 g/mol. The lowest BCUT2D eigenvalue weighted by Crippen LogP contribution is -2.38. The summed E-state index contributed by atoms with van der Waals surface area (Å²) in [5, 5.41) is 13.8. The molecule has 1 aliphatic carbocycles. The number of hydrogen-bond donors (Lipinski definition) is 1. The Morgan fingerprint density at radius 1 is 1.40 bits per heavy atom. The van der Waals surface area contributed by atoms with Crippen molar-refractivity contribution in [2.45, 2.75) is 40.5 Å². The molecule has 20 heavy (non-hydrogen) atoms. The fraction of sp³-hybridized carbons (Fsp3) is 0.625. The topological polar surface area (TPSA) is 52.9 Å². The second kappa shape index (κ2) is 5.29. The Morgan fingerprint density at radius 3 is 2.55 bits per heavy atom. The zero-order chi connectivity index (χ0) is 15.1. The number of allylic oxidation sites excluding steroid dienone is 3. The minimum absolute atomic E-state index is 0.00187. The lowest BCUT2D eigenvalue weighted by atomic mass is 9.68. The van der Waals surface area contributed by atoms with E-state index >= 15 is 0 Å². The zero-order valence-corrected chi connectivity index (χ0v) is 13.6. The quantitative estimate of drug-likeness (QED) is 0.844. The normalized spacial score (nSPS) is 25.4. The third kappa shape index (κ3) is 2.52. The molecule has 108 valence electrons. The SMILES string of the molecule is CSC1=C(C#N)C(C(C)C)C2=C(CC(C)(C)CC2=O)N1. The molecule has 4 heteroatoms. The zero-order valence-electron chi connectivity index (χ0n) is 12.8. The number of hydrogen-bond acceptors (Lipinski definition) is 4. The van der Waals surface area contributed by atoms with Crippen LogP contribution in [0.4, 0.5) is 0 Å². The maximum Gasteiger partial charge on any atom is 0.161 e. The Labute approximate surface area is 125 Å². The highest BCUT2D eigenvalue weighted by molar-refractivity contribution is 8.02. The van der Waals surface area contributed by atoms with E-state index in [-0.39, 0.29) is 23.0 Å². The van der Waals surface area contributed by atoms with Gasteiger partial charge in [0.05, 0.1) is 16.7 Å². The van der Waals surface area contributed by atoms with Crippen molar-refractivity contribution in [2.75, 3.05) is 6.26 Å². The third-order valence-corrected chi connectivity index (χ3v) is 4.77. The van der Waals surface area contributed by atoms with Crippen LogP contribution in [0.3, 0.4) is 0 Å². The molecule has 0 spiro atoms. The predicted octanol–water partition coefficient (Wildman–Crippen LogP) is 3.60. The molecule has 0 bridgehead atoms. The Morgan fingerprint density at radius 2 is 2.05 bits per heavy atom. The minimum Gasteiger partial charge on any atom is -0.352 e. The highest BCUT2D eigenvalue weighted by atomic mass is 32.2. The summed E-state index contributed by atoms with van der Waals surface area (Å²) in [5.74, 6) is 0.404. The molecule has 0 saturated carbocycles. The predicted molar refractivity (Wildman–Crippen MR) is 82.7 cm³/mol. The van der Waals surface area contributed by atoms with Gasteiger partial charge in [-0.25, -0.2) is 0 Å². The van der Waals surface area contributed by atoms with Crippen molar-refractivity contribution in [1.82, 2.24) is 5.32 Å². The third-order valence-electron chi connectivity index (χ3n) is 4.04. The van der Waals surface area contributed by atoms with Gasteiger partial charge < -0.3 is 5.32 Å². The molecule has 2 rings (SSSR count). The first-order chi connectivity index (χ1) is 9.30. The van der Waals surface area contributed by atoms with Gasteiger partial charge in [0, 0.05) is 23.6 Å². The number of nitrogens with zero attached hydrogens (tertiary/aromatic N) is 1. The fourth-order valence-electron chi connectivity index (χ4n) is 3.25. The van der Waals surface area contributed by atoms with Gasteiger partial charge in [0.1, 0.15) is 0 Å². The number of Topliss-reactive ketones (excluding diaryl/α,β-unsaturated/α-hetero) is 1. The second-order valence-electron chi connectivity index (χ2n) is 6.74. The van der Waals surface area contributed by atoms with Crippen LogP contribution < -0.4 is 5.32 Å². The fourth-order valence-corrected chi connectivity index (χ4v) is 3.86. The molecule has 3 nitrogen and oxygen atoms in total. The lowest BCUT2D eigenvalue weighted by molar-refractivity contribution is -0.118. The van der Waals surface area contributed by atoms with Gasteiger partial charge in [0.2, 0.25) is 0 Å². The molecule has 0 amide bonds. The maximum absolute atomic E-state index is 12.6. The van der Waals surface area contributed by atoms with E-state index in [1.165, 1.54) is 0 Å². The Hall–Kier alpha value is -1.21. The van der Waals surface area contributed by atoms with Crippen molar-refractivity contribution < 1.29 is 4.79 Å². The molecule has 0 aromatic rings. The molecule has 1 N–H and O–H groups in total. The molecule has 2 aliphatic rings. The first-order valence-electron chi connectivity index (χ1n) is 7.02. The average Bonchev–Trinajstić information content (AvgIpc) is 2.34. The van der Waals surface area contributed by atoms with Crippen LogP contribution in [0.25, 0.3) is 0 Å². The summed E-state index contributed by atoms with van der Waals surface area (Å²) in [6.45, 7) is 8.43. The van der Waals surface area contributed by atoms with E-state index < -0.39 is 0 Å². The highest BCUT2D eigenvalue weighted by Gasteiger charge is 2.41. The van der Waals surface area contributed by atoms with Crippen molar-refractivity contribution >= 4 is 17.5 Å². The van der Waals surface area contributed by atoms with E-state index in [4.69, 9.17) is 0 Å². The Bertz CT molecular complexity index is 549. The lowest BCUT2D eigenvalue weighted by Gasteiger charge is -2.39. The molecule has 1 aliphatic heterocycles. The summed E-state index contributed by atoms with van der Waals surface area (Å²) in [7, 11) is 0. The summed E-state index contributed by atoms with van der Waals surface area (Å²) < 4.78 is 0. The van der Waals surface area contributed by atoms with Crippen molar-refractivity contribution in [1.29, 1.82) is 5.26 Å². The van der Waals surface area contributed by atoms with Crippen LogP contribution in [0, 0.1) is 28.6 Å². The van der Waals surface area contributed by atoms with Gasteiger partial charge in [-0.2, -0.15) is 5.26 Å². The smallest absolute Gasteiger partial charge is 0.161 e. The largest absolute Gasteiger partial charge is 0.352 e. The number of carbonyl (C=O) groups excluding carboxylic acids is 1. The van der Waals surface area contributed by atoms with Crippen LogP contribution in [-0.2, 0) is 4.79 Å². The van der Waals surface area contributed by atoms with Crippen LogP contribution in [0.5, 0.6) is 0 Å². The monoisotopic (exact) mass is 290 g/mol. The van der Waals surface area contributed by atoms with Crippen LogP contribution in [0.15, 0.2) is 21.9 Å². The molecule has 1 atom stereocenters. The molecule has 0 fully saturated rings. The van der Waals surface area contributed by atoms with Gasteiger partial charge in [-0.1, -0.05) is 27.7 Å². The molecular formula is C16H22N2OS. The van der Waals surface area contributed by atoms with Crippen LogP contribution in [0.1, 0.15) is 40.5 Å². The number of carbonyl (C=O) groups is 1. The van der Waals surface area contributed by atoms with E-state index in [2.05, 4.69) is 39.1 Å². The van der Waals surface area contributed by atoms with Gasteiger partial charge in [0.25, 0.3) is 0 Å². The number of thioether (sulfide) groups is 1. The summed E-state index contributed by atoms with van der Waals surface area (Å²) in [4.78, 5) is 12.6. The van der Waals surface area contributed by atoms with Crippen LogP contribution in [-0.4, -0.2) is 12.0 Å². The van der Waals surface area contributed by atoms with Gasteiger partial charge >= 0.3 is 0 Å². The first kappa shape index (κ1) is 15.2. The molecule has 0 radical (unpaired) electrons. The second-order valence-corrected chi connectivity index (χ2v) is 7.56. The summed E-state index contributed by atoms with van der Waals surface area (Å²) in [5.41, 5.74) is 2.61. The van der Waals surface area contributed by atoms with Crippen molar-refractivity contribution in [3.05, 3.63) is 21.9 Å². The standard InChI is InChI=1S/C16H22N2OS/c1-9(2)13-10(8-17)15(20-5)18-11-6-16(3,4)7-12(19)14(11)13/h9,13,18H,6-7H2,1-5H3. The molecule has 1 unspecified atom stereocenters. The molecule has 0 saturated heterocycles. The van der Waals surface area contributed by atoms with Gasteiger partial charge in [-0.3, -0.25) is 4.79 Å². The van der Waals surface area contributed by atoms with E-state index in [1.807, 2.05) is 6.26 Å². The van der Waals surface area contributed by atoms with Gasteiger partial charge in [0.15, 0.2) is 5.78 Å². The van der Waals surface area contributed by atoms with Crippen molar-refractivity contribution in [3.63, 3.8) is 0 Å². The summed E-state index contributed by atoms with van der Waals surface area (Å²) >= 11 is 1.56. The van der Waals surface area contributed by atoms with E-state index in [9.17, 15) is 10.1 Å². The summed E-state index contributed by atoms with van der Waals surface area (Å²) in [6, 6.07) is 2.32. The molecule has 0 aromatic carbocycles. The molecule has 1 heterocycles. The van der Waals surface area contributed by atoms with Crippen molar-refractivity contribution in [3.8, 4) is 6.07 Å². The minimum atomic E-state index is -0.0534. The number of nitrogens with one attached hydrogen (secondary N) is 1. The van der Waals surface area contributed by atoms with Gasteiger partial charge in [-0.05, 0) is 24.0 Å². The van der Waals surface area contributed by atoms with E-state index in [0.29, 0.717) is 6.42 Å². The molecular weight excluding hydrogens is 268 g/mol.